The van der Waals surface area contributed by atoms with Gasteiger partial charge in [0.05, 0.1) is 6.42 Å². The Kier molecular flexibility index (Phi) is 6.13. The molecule has 1 saturated heterocycles. The largest absolute Gasteiger partial charge is 0.480 e. The maximum absolute atomic E-state index is 11.7. The summed E-state index contributed by atoms with van der Waals surface area (Å²) in [6.45, 7) is 5.95. The number of carbonyl (C=O) groups excluding carboxylic acids is 1. The number of carboxylic acids is 1. The van der Waals surface area contributed by atoms with Crippen LogP contribution in [0.25, 0.3) is 0 Å². The minimum atomic E-state index is -0.995. The molecule has 110 valence electrons. The van der Waals surface area contributed by atoms with Crippen molar-refractivity contribution in [1.82, 2.24) is 0 Å². The molecule has 0 amide bonds. The minimum Gasteiger partial charge on any atom is -0.480 e. The number of thioether (sulfide) groups is 1. The first-order valence-corrected chi connectivity index (χ1v) is 7.44. The number of carboxylic acid groups (broad SMARTS) is 1. The maximum Gasteiger partial charge on any atom is 0.317 e. The molecule has 1 fully saturated rings. The molecule has 6 heteroatoms. The Hall–Kier alpha value is -0.750. The summed E-state index contributed by atoms with van der Waals surface area (Å²) < 4.78 is 10.6. The van der Waals surface area contributed by atoms with Gasteiger partial charge in [-0.15, -0.1) is 11.8 Å². The number of aliphatic carboxylic acids is 1. The van der Waals surface area contributed by atoms with Crippen molar-refractivity contribution in [1.29, 1.82) is 0 Å². The van der Waals surface area contributed by atoms with E-state index in [4.69, 9.17) is 14.6 Å². The second-order valence-corrected chi connectivity index (χ2v) is 6.92. The van der Waals surface area contributed by atoms with Crippen LogP contribution in [0.2, 0.25) is 0 Å². The molecule has 0 saturated carbocycles. The quantitative estimate of drug-likeness (QED) is 0.784. The molecule has 1 rings (SSSR count). The first kappa shape index (κ1) is 16.3. The average molecular weight is 290 g/mol. The fourth-order valence-electron chi connectivity index (χ4n) is 1.73. The molecule has 2 atom stereocenters. The zero-order valence-corrected chi connectivity index (χ0v) is 12.5. The molecule has 0 aromatic carbocycles. The molecule has 0 aromatic heterocycles. The van der Waals surface area contributed by atoms with Gasteiger partial charge in [-0.05, 0) is 40.0 Å². The topological polar surface area (TPSA) is 72.8 Å². The van der Waals surface area contributed by atoms with E-state index in [0.29, 0.717) is 6.61 Å². The van der Waals surface area contributed by atoms with Crippen LogP contribution < -0.4 is 0 Å². The van der Waals surface area contributed by atoms with E-state index in [1.807, 2.05) is 0 Å². The molecule has 1 aliphatic heterocycles. The third kappa shape index (κ3) is 6.82. The van der Waals surface area contributed by atoms with Gasteiger partial charge in [0.2, 0.25) is 0 Å². The third-order valence-electron chi connectivity index (χ3n) is 2.50. The van der Waals surface area contributed by atoms with Gasteiger partial charge < -0.3 is 14.6 Å². The van der Waals surface area contributed by atoms with E-state index < -0.39 is 22.8 Å². The normalized spacial score (nSPS) is 21.7. The summed E-state index contributed by atoms with van der Waals surface area (Å²) in [7, 11) is 0. The summed E-state index contributed by atoms with van der Waals surface area (Å²) in [5.74, 6) is -1.48. The van der Waals surface area contributed by atoms with Gasteiger partial charge in [-0.1, -0.05) is 0 Å². The molecule has 0 radical (unpaired) electrons. The molecule has 1 heterocycles. The van der Waals surface area contributed by atoms with E-state index in [1.165, 1.54) is 11.8 Å². The van der Waals surface area contributed by atoms with E-state index in [-0.39, 0.29) is 11.9 Å². The molecular formula is C13H22O5S. The van der Waals surface area contributed by atoms with Crippen LogP contribution >= 0.6 is 11.8 Å². The summed E-state index contributed by atoms with van der Waals surface area (Å²) in [6.07, 6.45) is 2.76. The third-order valence-corrected chi connectivity index (χ3v) is 3.87. The summed E-state index contributed by atoms with van der Waals surface area (Å²) in [5.41, 5.74) is -0.719. The monoisotopic (exact) mass is 290 g/mol. The van der Waals surface area contributed by atoms with Crippen LogP contribution in [0.4, 0.5) is 0 Å². The van der Waals surface area contributed by atoms with Crippen LogP contribution in [-0.4, -0.2) is 39.9 Å². The number of hydrogen-bond donors (Lipinski definition) is 1. The number of esters is 1. The first-order chi connectivity index (χ1) is 8.78. The summed E-state index contributed by atoms with van der Waals surface area (Å²) in [4.78, 5) is 22.9. The smallest absolute Gasteiger partial charge is 0.317 e. The molecule has 1 aliphatic rings. The predicted octanol–water partition coefficient (Wildman–Crippen LogP) is 2.43. The van der Waals surface area contributed by atoms with Gasteiger partial charge >= 0.3 is 11.9 Å². The first-order valence-electron chi connectivity index (χ1n) is 6.49. The standard InChI is InChI=1S/C13H22O5S/c1-13(2,3)18-10(14)8-9(12(15)16)19-11-6-4-5-7-17-11/h9,11H,4-8H2,1-3H3,(H,15,16)/t9?,11-/m0/s1. The Bertz CT molecular complexity index is 317. The molecule has 5 nitrogen and oxygen atoms in total. The van der Waals surface area contributed by atoms with Crippen LogP contribution in [0, 0.1) is 0 Å². The minimum absolute atomic E-state index is 0.128. The summed E-state index contributed by atoms with van der Waals surface area (Å²) in [6, 6.07) is 0. The van der Waals surface area contributed by atoms with Gasteiger partial charge in [0, 0.05) is 6.61 Å². The van der Waals surface area contributed by atoms with Crippen LogP contribution in [0.5, 0.6) is 0 Å². The van der Waals surface area contributed by atoms with Crippen molar-refractivity contribution in [3.8, 4) is 0 Å². The second-order valence-electron chi connectivity index (χ2n) is 5.55. The lowest BCUT2D eigenvalue weighted by molar-refractivity contribution is -0.156. The van der Waals surface area contributed by atoms with Gasteiger partial charge in [0.25, 0.3) is 0 Å². The van der Waals surface area contributed by atoms with Crippen molar-refractivity contribution in [3.63, 3.8) is 0 Å². The van der Waals surface area contributed by atoms with E-state index in [1.54, 1.807) is 20.8 Å². The van der Waals surface area contributed by atoms with Crippen molar-refractivity contribution in [3.05, 3.63) is 0 Å². The number of carbonyl (C=O) groups is 2. The maximum atomic E-state index is 11.7. The Labute approximate surface area is 118 Å². The molecule has 1 N–H and O–H groups in total. The molecular weight excluding hydrogens is 268 g/mol. The fourth-order valence-corrected chi connectivity index (χ4v) is 2.92. The van der Waals surface area contributed by atoms with E-state index >= 15 is 0 Å². The highest BCUT2D eigenvalue weighted by molar-refractivity contribution is 8.01. The molecule has 1 unspecified atom stereocenters. The zero-order chi connectivity index (χ0) is 14.5. The van der Waals surface area contributed by atoms with Crippen molar-refractivity contribution >= 4 is 23.7 Å². The summed E-state index contributed by atoms with van der Waals surface area (Å²) >= 11 is 1.21. The lowest BCUT2D eigenvalue weighted by Gasteiger charge is -2.25. The fraction of sp³-hybridized carbons (Fsp3) is 0.846. The Morgan fingerprint density at radius 2 is 2.11 bits per heavy atom. The van der Waals surface area contributed by atoms with Crippen LogP contribution in [-0.2, 0) is 19.1 Å². The molecule has 19 heavy (non-hydrogen) atoms. The SMILES string of the molecule is CC(C)(C)OC(=O)CC(S[C@H]1CCCCO1)C(=O)O. The Balaban J connectivity index is 2.48. The highest BCUT2D eigenvalue weighted by atomic mass is 32.2. The number of hydrogen-bond acceptors (Lipinski definition) is 5. The number of rotatable bonds is 5. The van der Waals surface area contributed by atoms with Gasteiger partial charge in [0.1, 0.15) is 16.3 Å². The lowest BCUT2D eigenvalue weighted by atomic mass is 10.2. The van der Waals surface area contributed by atoms with E-state index in [2.05, 4.69) is 0 Å². The van der Waals surface area contributed by atoms with Crippen molar-refractivity contribution in [2.75, 3.05) is 6.61 Å². The highest BCUT2D eigenvalue weighted by Crippen LogP contribution is 2.29. The Morgan fingerprint density at radius 1 is 1.42 bits per heavy atom. The molecule has 0 spiro atoms. The molecule has 0 bridgehead atoms. The van der Waals surface area contributed by atoms with Crippen molar-refractivity contribution in [2.24, 2.45) is 0 Å². The van der Waals surface area contributed by atoms with Crippen molar-refractivity contribution in [2.45, 2.75) is 62.7 Å². The van der Waals surface area contributed by atoms with E-state index in [9.17, 15) is 9.59 Å². The zero-order valence-electron chi connectivity index (χ0n) is 11.7. The second kappa shape index (κ2) is 7.14. The molecule has 0 aliphatic carbocycles. The predicted molar refractivity (Wildman–Crippen MR) is 73.1 cm³/mol. The van der Waals surface area contributed by atoms with Gasteiger partial charge in [-0.25, -0.2) is 0 Å². The highest BCUT2D eigenvalue weighted by Gasteiger charge is 2.29. The molecule has 0 aromatic rings. The van der Waals surface area contributed by atoms with Crippen LogP contribution in [0.15, 0.2) is 0 Å². The van der Waals surface area contributed by atoms with E-state index in [0.717, 1.165) is 19.3 Å². The lowest BCUT2D eigenvalue weighted by Crippen LogP contribution is -2.30. The number of ether oxygens (including phenoxy) is 2. The summed E-state index contributed by atoms with van der Waals surface area (Å²) in [5, 5.41) is 8.36. The van der Waals surface area contributed by atoms with Crippen LogP contribution in [0.1, 0.15) is 46.5 Å². The average Bonchev–Trinajstić information content (AvgIpc) is 2.26. The van der Waals surface area contributed by atoms with Crippen molar-refractivity contribution < 1.29 is 24.2 Å². The van der Waals surface area contributed by atoms with Gasteiger partial charge in [-0.3, -0.25) is 9.59 Å². The van der Waals surface area contributed by atoms with Gasteiger partial charge in [-0.2, -0.15) is 0 Å². The van der Waals surface area contributed by atoms with Gasteiger partial charge in [0.15, 0.2) is 0 Å². The van der Waals surface area contributed by atoms with Crippen LogP contribution in [0.3, 0.4) is 0 Å². The Morgan fingerprint density at radius 3 is 2.58 bits per heavy atom.